The maximum atomic E-state index is 13.0. The zero-order valence-electron chi connectivity index (χ0n) is 17.1. The number of hydrogen-bond acceptors (Lipinski definition) is 5. The predicted molar refractivity (Wildman–Crippen MR) is 119 cm³/mol. The van der Waals surface area contributed by atoms with Crippen LogP contribution in [-0.2, 0) is 4.74 Å². The van der Waals surface area contributed by atoms with Crippen molar-refractivity contribution in [1.82, 2.24) is 10.3 Å². The molecule has 1 N–H and O–H groups in total. The molecule has 0 bridgehead atoms. The smallest absolute Gasteiger partial charge is 0.337 e. The standard InChI is InChI=1S/C23H20Cl2N2O4/c1-13-19(25)5-4-6-20(13)31-22-18(11-17(24)12-26-22)21(28)27-14(2)15-7-9-16(10-8-15)23(29)30-3/h4-12,14H,1-3H3,(H,27,28)/t14-/m0/s1. The summed E-state index contributed by atoms with van der Waals surface area (Å²) in [7, 11) is 1.32. The van der Waals surface area contributed by atoms with E-state index in [0.29, 0.717) is 21.4 Å². The summed E-state index contributed by atoms with van der Waals surface area (Å²) in [5, 5.41) is 3.74. The van der Waals surface area contributed by atoms with Crippen LogP contribution in [0.25, 0.3) is 0 Å². The van der Waals surface area contributed by atoms with Gasteiger partial charge in [0, 0.05) is 16.8 Å². The summed E-state index contributed by atoms with van der Waals surface area (Å²) in [6.45, 7) is 3.64. The quantitative estimate of drug-likeness (QED) is 0.474. The Hall–Kier alpha value is -3.09. The molecule has 0 radical (unpaired) electrons. The van der Waals surface area contributed by atoms with Crippen molar-refractivity contribution < 1.29 is 19.1 Å². The zero-order valence-corrected chi connectivity index (χ0v) is 18.6. The van der Waals surface area contributed by atoms with Crippen LogP contribution in [0.15, 0.2) is 54.7 Å². The fraction of sp³-hybridized carbons (Fsp3) is 0.174. The first-order valence-electron chi connectivity index (χ1n) is 9.37. The largest absolute Gasteiger partial charge is 0.465 e. The molecule has 8 heteroatoms. The lowest BCUT2D eigenvalue weighted by molar-refractivity contribution is 0.0600. The van der Waals surface area contributed by atoms with Gasteiger partial charge in [0.05, 0.1) is 23.7 Å². The average Bonchev–Trinajstić information content (AvgIpc) is 2.77. The molecule has 0 saturated carbocycles. The highest BCUT2D eigenvalue weighted by molar-refractivity contribution is 6.31. The van der Waals surface area contributed by atoms with Crippen molar-refractivity contribution in [3.05, 3.63) is 87.0 Å². The Morgan fingerprint density at radius 2 is 1.81 bits per heavy atom. The number of halogens is 2. The second-order valence-electron chi connectivity index (χ2n) is 6.78. The molecule has 0 spiro atoms. The van der Waals surface area contributed by atoms with Gasteiger partial charge in [-0.25, -0.2) is 9.78 Å². The van der Waals surface area contributed by atoms with Crippen molar-refractivity contribution in [3.63, 3.8) is 0 Å². The molecule has 0 saturated heterocycles. The number of nitrogens with zero attached hydrogens (tertiary/aromatic N) is 1. The third-order valence-electron chi connectivity index (χ3n) is 4.67. The summed E-state index contributed by atoms with van der Waals surface area (Å²) in [6.07, 6.45) is 1.41. The molecule has 1 amide bonds. The number of carbonyl (C=O) groups excluding carboxylic acids is 2. The van der Waals surface area contributed by atoms with Crippen LogP contribution in [-0.4, -0.2) is 24.0 Å². The highest BCUT2D eigenvalue weighted by Crippen LogP contribution is 2.31. The molecule has 0 fully saturated rings. The Kier molecular flexibility index (Phi) is 7.15. The number of benzene rings is 2. The maximum absolute atomic E-state index is 13.0. The average molecular weight is 459 g/mol. The van der Waals surface area contributed by atoms with E-state index in [1.807, 2.05) is 13.8 Å². The van der Waals surface area contributed by atoms with Crippen molar-refractivity contribution in [3.8, 4) is 11.6 Å². The Morgan fingerprint density at radius 1 is 1.10 bits per heavy atom. The summed E-state index contributed by atoms with van der Waals surface area (Å²) < 4.78 is 10.6. The number of pyridine rings is 1. The van der Waals surface area contributed by atoms with Crippen LogP contribution in [0.4, 0.5) is 0 Å². The van der Waals surface area contributed by atoms with Gasteiger partial charge in [0.25, 0.3) is 5.91 Å². The zero-order chi connectivity index (χ0) is 22.5. The molecule has 0 aliphatic carbocycles. The predicted octanol–water partition coefficient (Wildman–Crippen LogP) is 5.77. The molecule has 1 atom stereocenters. The van der Waals surface area contributed by atoms with Gasteiger partial charge < -0.3 is 14.8 Å². The normalized spacial score (nSPS) is 11.5. The van der Waals surface area contributed by atoms with Gasteiger partial charge in [-0.2, -0.15) is 0 Å². The summed E-state index contributed by atoms with van der Waals surface area (Å²) in [4.78, 5) is 28.7. The van der Waals surface area contributed by atoms with Crippen LogP contribution in [0.1, 0.15) is 44.8 Å². The van der Waals surface area contributed by atoms with Gasteiger partial charge >= 0.3 is 5.97 Å². The van der Waals surface area contributed by atoms with E-state index in [1.165, 1.54) is 19.4 Å². The first-order valence-corrected chi connectivity index (χ1v) is 10.1. The minimum atomic E-state index is -0.425. The number of ether oxygens (including phenoxy) is 2. The van der Waals surface area contributed by atoms with Gasteiger partial charge in [0.1, 0.15) is 11.3 Å². The number of rotatable bonds is 6. The molecule has 2 aromatic carbocycles. The van der Waals surface area contributed by atoms with E-state index in [2.05, 4.69) is 10.3 Å². The van der Waals surface area contributed by atoms with Gasteiger partial charge in [0.2, 0.25) is 5.88 Å². The molecule has 3 rings (SSSR count). The fourth-order valence-electron chi connectivity index (χ4n) is 2.86. The molecule has 1 aromatic heterocycles. The fourth-order valence-corrected chi connectivity index (χ4v) is 3.18. The number of esters is 1. The lowest BCUT2D eigenvalue weighted by atomic mass is 10.1. The van der Waals surface area contributed by atoms with Crippen LogP contribution in [0.2, 0.25) is 10.0 Å². The van der Waals surface area contributed by atoms with Crippen molar-refractivity contribution in [1.29, 1.82) is 0 Å². The number of hydrogen-bond donors (Lipinski definition) is 1. The van der Waals surface area contributed by atoms with Gasteiger partial charge in [-0.1, -0.05) is 41.4 Å². The molecule has 0 aliphatic rings. The Bertz CT molecular complexity index is 1120. The summed E-state index contributed by atoms with van der Waals surface area (Å²) in [5.74, 6) is -0.233. The number of carbonyl (C=O) groups is 2. The molecule has 0 aliphatic heterocycles. The summed E-state index contributed by atoms with van der Waals surface area (Å²) in [6, 6.07) is 13.2. The van der Waals surface area contributed by atoms with Crippen LogP contribution in [0.5, 0.6) is 11.6 Å². The lowest BCUT2D eigenvalue weighted by Gasteiger charge is -2.17. The first-order chi connectivity index (χ1) is 14.8. The van der Waals surface area contributed by atoms with Crippen LogP contribution in [0.3, 0.4) is 0 Å². The van der Waals surface area contributed by atoms with E-state index in [-0.39, 0.29) is 17.5 Å². The minimum absolute atomic E-state index is 0.112. The number of nitrogens with one attached hydrogen (secondary N) is 1. The van der Waals surface area contributed by atoms with Crippen LogP contribution in [0, 0.1) is 6.92 Å². The van der Waals surface area contributed by atoms with Gasteiger partial charge in [0.15, 0.2) is 0 Å². The van der Waals surface area contributed by atoms with E-state index >= 15 is 0 Å². The SMILES string of the molecule is COC(=O)c1ccc([C@H](C)NC(=O)c2cc(Cl)cnc2Oc2cccc(Cl)c2C)cc1. The molecule has 0 unspecified atom stereocenters. The molecule has 3 aromatic rings. The Balaban J connectivity index is 1.82. The third-order valence-corrected chi connectivity index (χ3v) is 5.28. The van der Waals surface area contributed by atoms with Gasteiger partial charge in [-0.15, -0.1) is 0 Å². The molecule has 160 valence electrons. The molecular formula is C23H20Cl2N2O4. The van der Waals surface area contributed by atoms with Crippen LogP contribution < -0.4 is 10.1 Å². The van der Waals surface area contributed by atoms with E-state index in [4.69, 9.17) is 32.7 Å². The van der Waals surface area contributed by atoms with E-state index < -0.39 is 11.9 Å². The second kappa shape index (κ2) is 9.81. The summed E-state index contributed by atoms with van der Waals surface area (Å²) in [5.41, 5.74) is 2.15. The second-order valence-corrected chi connectivity index (χ2v) is 7.62. The maximum Gasteiger partial charge on any atom is 0.337 e. The summed E-state index contributed by atoms with van der Waals surface area (Å²) >= 11 is 12.2. The topological polar surface area (TPSA) is 77.5 Å². The molecule has 31 heavy (non-hydrogen) atoms. The molecule has 6 nitrogen and oxygen atoms in total. The van der Waals surface area contributed by atoms with E-state index in [0.717, 1.165) is 11.1 Å². The third kappa shape index (κ3) is 5.34. The minimum Gasteiger partial charge on any atom is -0.465 e. The number of aromatic nitrogens is 1. The molecule has 1 heterocycles. The van der Waals surface area contributed by atoms with Crippen molar-refractivity contribution in [2.45, 2.75) is 19.9 Å². The monoisotopic (exact) mass is 458 g/mol. The van der Waals surface area contributed by atoms with Crippen molar-refractivity contribution >= 4 is 35.1 Å². The first kappa shape index (κ1) is 22.6. The van der Waals surface area contributed by atoms with Crippen molar-refractivity contribution in [2.24, 2.45) is 0 Å². The Labute approximate surface area is 190 Å². The molecular weight excluding hydrogens is 439 g/mol. The highest BCUT2D eigenvalue weighted by atomic mass is 35.5. The number of methoxy groups -OCH3 is 1. The Morgan fingerprint density at radius 3 is 2.48 bits per heavy atom. The van der Waals surface area contributed by atoms with Crippen molar-refractivity contribution in [2.75, 3.05) is 7.11 Å². The van der Waals surface area contributed by atoms with Gasteiger partial charge in [-0.3, -0.25) is 4.79 Å². The highest BCUT2D eigenvalue weighted by Gasteiger charge is 2.19. The van der Waals surface area contributed by atoms with E-state index in [9.17, 15) is 9.59 Å². The van der Waals surface area contributed by atoms with Crippen LogP contribution >= 0.6 is 23.2 Å². The van der Waals surface area contributed by atoms with E-state index in [1.54, 1.807) is 42.5 Å². The lowest BCUT2D eigenvalue weighted by Crippen LogP contribution is -2.27. The van der Waals surface area contributed by atoms with Gasteiger partial charge in [-0.05, 0) is 49.7 Å². The number of amides is 1.